The molecule has 1 atom stereocenters. The van der Waals surface area contributed by atoms with Gasteiger partial charge in [0.05, 0.1) is 6.61 Å². The van der Waals surface area contributed by atoms with Gasteiger partial charge in [-0.05, 0) is 59.0 Å². The Morgan fingerprint density at radius 2 is 0.972 bits per heavy atom. The average Bonchev–Trinajstić information content (AvgIpc) is 2.87. The molecule has 0 saturated heterocycles. The van der Waals surface area contributed by atoms with Crippen molar-refractivity contribution in [2.75, 3.05) is 27.3 Å². The summed E-state index contributed by atoms with van der Waals surface area (Å²) < 4.78 is 6.05. The number of rotatable bonds is 29. The summed E-state index contributed by atoms with van der Waals surface area (Å²) in [4.78, 5) is 2.37. The van der Waals surface area contributed by atoms with E-state index in [1.165, 1.54) is 141 Å². The van der Waals surface area contributed by atoms with Crippen LogP contribution in [0.25, 0.3) is 0 Å². The van der Waals surface area contributed by atoms with Crippen molar-refractivity contribution in [1.29, 1.82) is 0 Å². The van der Waals surface area contributed by atoms with E-state index in [9.17, 15) is 0 Å². The molecule has 0 bridgehead atoms. The van der Waals surface area contributed by atoms with Crippen molar-refractivity contribution in [3.05, 3.63) is 24.3 Å². The molecule has 2 heteroatoms. The molecular weight excluding hydrogens is 438 g/mol. The fourth-order valence-corrected chi connectivity index (χ4v) is 4.77. The highest BCUT2D eigenvalue weighted by Gasteiger charge is 2.11. The fourth-order valence-electron chi connectivity index (χ4n) is 4.77. The van der Waals surface area contributed by atoms with Crippen molar-refractivity contribution >= 4 is 0 Å². The minimum Gasteiger partial charge on any atom is -0.380 e. The molecule has 1 unspecified atom stereocenters. The molecule has 0 spiro atoms. The van der Waals surface area contributed by atoms with Crippen LogP contribution in [0, 0.1) is 0 Å². The molecule has 0 aliphatic carbocycles. The van der Waals surface area contributed by atoms with Crippen LogP contribution < -0.4 is 0 Å². The Morgan fingerprint density at radius 3 is 1.53 bits per heavy atom. The van der Waals surface area contributed by atoms with E-state index in [4.69, 9.17) is 4.74 Å². The summed E-state index contributed by atoms with van der Waals surface area (Å²) >= 11 is 0. The lowest BCUT2D eigenvalue weighted by molar-refractivity contribution is 0.0721. The molecule has 0 aromatic rings. The summed E-state index contributed by atoms with van der Waals surface area (Å²) in [6, 6.07) is 0.585. The monoisotopic (exact) mass is 506 g/mol. The zero-order valence-electron chi connectivity index (χ0n) is 25.4. The molecule has 36 heavy (non-hydrogen) atoms. The van der Waals surface area contributed by atoms with Gasteiger partial charge in [0.2, 0.25) is 0 Å². The van der Waals surface area contributed by atoms with Crippen molar-refractivity contribution in [3.8, 4) is 0 Å². The maximum absolute atomic E-state index is 6.05. The van der Waals surface area contributed by atoms with Gasteiger partial charge >= 0.3 is 0 Å². The Kier molecular flexibility index (Phi) is 30.1. The van der Waals surface area contributed by atoms with Crippen LogP contribution in [-0.4, -0.2) is 38.3 Å². The molecular formula is C34H67NO. The van der Waals surface area contributed by atoms with Crippen LogP contribution in [0.1, 0.15) is 162 Å². The largest absolute Gasteiger partial charge is 0.380 e. The third-order valence-electron chi connectivity index (χ3n) is 7.42. The normalized spacial score (nSPS) is 13.0. The Labute approximate surface area is 228 Å². The van der Waals surface area contributed by atoms with Crippen LogP contribution in [0.5, 0.6) is 0 Å². The number of allylic oxidation sites excluding steroid dienone is 4. The molecule has 0 aliphatic heterocycles. The molecule has 214 valence electrons. The zero-order chi connectivity index (χ0) is 26.4. The van der Waals surface area contributed by atoms with Crippen molar-refractivity contribution < 1.29 is 4.74 Å². The Bertz CT molecular complexity index is 456. The van der Waals surface area contributed by atoms with Gasteiger partial charge in [0.25, 0.3) is 0 Å². The first kappa shape index (κ1) is 35.4. The van der Waals surface area contributed by atoms with E-state index >= 15 is 0 Å². The molecule has 0 N–H and O–H groups in total. The van der Waals surface area contributed by atoms with Gasteiger partial charge in [-0.25, -0.2) is 0 Å². The Morgan fingerprint density at radius 1 is 0.528 bits per heavy atom. The van der Waals surface area contributed by atoms with Crippen LogP contribution in [0.15, 0.2) is 24.3 Å². The maximum Gasteiger partial charge on any atom is 0.0621 e. The smallest absolute Gasteiger partial charge is 0.0621 e. The Hall–Kier alpha value is -0.600. The second-order valence-electron chi connectivity index (χ2n) is 11.2. The van der Waals surface area contributed by atoms with Gasteiger partial charge in [-0.3, -0.25) is 0 Å². The number of hydrogen-bond donors (Lipinski definition) is 0. The highest BCUT2D eigenvalue weighted by atomic mass is 16.5. The third kappa shape index (κ3) is 28.0. The van der Waals surface area contributed by atoms with Crippen LogP contribution >= 0.6 is 0 Å². The van der Waals surface area contributed by atoms with Crippen molar-refractivity contribution in [2.24, 2.45) is 0 Å². The number of ether oxygens (including phenoxy) is 1. The molecule has 0 fully saturated rings. The van der Waals surface area contributed by atoms with Gasteiger partial charge in [-0.1, -0.05) is 141 Å². The van der Waals surface area contributed by atoms with Crippen LogP contribution in [0.3, 0.4) is 0 Å². The first-order chi connectivity index (χ1) is 17.7. The van der Waals surface area contributed by atoms with Crippen LogP contribution in [0.4, 0.5) is 0 Å². The molecule has 0 rings (SSSR count). The van der Waals surface area contributed by atoms with Crippen molar-refractivity contribution in [1.82, 2.24) is 4.90 Å². The van der Waals surface area contributed by atoms with Crippen molar-refractivity contribution in [3.63, 3.8) is 0 Å². The minimum absolute atomic E-state index is 0.585. The summed E-state index contributed by atoms with van der Waals surface area (Å²) in [6.07, 6.45) is 40.5. The SMILES string of the molecule is CCCCC/C=C\CC=CCCCCCCCCCC(COCCCCCCCCCCC)N(C)C. The lowest BCUT2D eigenvalue weighted by atomic mass is 10.0. The number of unbranched alkanes of at least 4 members (excludes halogenated alkanes) is 18. The van der Waals surface area contributed by atoms with E-state index in [0.717, 1.165) is 19.6 Å². The van der Waals surface area contributed by atoms with Crippen LogP contribution in [0.2, 0.25) is 0 Å². The molecule has 0 aromatic carbocycles. The fraction of sp³-hybridized carbons (Fsp3) is 0.882. The van der Waals surface area contributed by atoms with E-state index < -0.39 is 0 Å². The maximum atomic E-state index is 6.05. The lowest BCUT2D eigenvalue weighted by Gasteiger charge is -2.24. The van der Waals surface area contributed by atoms with Gasteiger partial charge in [-0.2, -0.15) is 0 Å². The average molecular weight is 506 g/mol. The predicted molar refractivity (Wildman–Crippen MR) is 164 cm³/mol. The first-order valence-electron chi connectivity index (χ1n) is 16.3. The summed E-state index contributed by atoms with van der Waals surface area (Å²) in [5, 5.41) is 0. The van der Waals surface area contributed by atoms with Gasteiger partial charge < -0.3 is 9.64 Å². The molecule has 0 heterocycles. The van der Waals surface area contributed by atoms with Gasteiger partial charge in [0, 0.05) is 12.6 Å². The molecule has 2 nitrogen and oxygen atoms in total. The lowest BCUT2D eigenvalue weighted by Crippen LogP contribution is -2.32. The minimum atomic E-state index is 0.585. The van der Waals surface area contributed by atoms with E-state index in [1.807, 2.05) is 0 Å². The summed E-state index contributed by atoms with van der Waals surface area (Å²) in [5.41, 5.74) is 0. The molecule has 0 aromatic heterocycles. The molecule has 0 aliphatic rings. The van der Waals surface area contributed by atoms with Gasteiger partial charge in [0.15, 0.2) is 0 Å². The summed E-state index contributed by atoms with van der Waals surface area (Å²) in [6.45, 7) is 6.42. The van der Waals surface area contributed by atoms with E-state index in [-0.39, 0.29) is 0 Å². The highest BCUT2D eigenvalue weighted by Crippen LogP contribution is 2.14. The van der Waals surface area contributed by atoms with Crippen LogP contribution in [-0.2, 0) is 4.74 Å². The number of hydrogen-bond acceptors (Lipinski definition) is 2. The quantitative estimate of drug-likeness (QED) is 0.0740. The zero-order valence-corrected chi connectivity index (χ0v) is 25.4. The van der Waals surface area contributed by atoms with Gasteiger partial charge in [0.1, 0.15) is 0 Å². The van der Waals surface area contributed by atoms with E-state index in [2.05, 4.69) is 57.1 Å². The predicted octanol–water partition coefficient (Wildman–Crippen LogP) is 11.1. The third-order valence-corrected chi connectivity index (χ3v) is 7.42. The number of likely N-dealkylation sites (N-methyl/N-ethyl adjacent to an activating group) is 1. The summed E-state index contributed by atoms with van der Waals surface area (Å²) in [5.74, 6) is 0. The second-order valence-corrected chi connectivity index (χ2v) is 11.2. The highest BCUT2D eigenvalue weighted by molar-refractivity contribution is 4.92. The topological polar surface area (TPSA) is 12.5 Å². The molecule has 0 amide bonds. The first-order valence-corrected chi connectivity index (χ1v) is 16.3. The van der Waals surface area contributed by atoms with Crippen molar-refractivity contribution in [2.45, 2.75) is 168 Å². The summed E-state index contributed by atoms with van der Waals surface area (Å²) in [7, 11) is 4.43. The molecule has 0 radical (unpaired) electrons. The number of nitrogens with zero attached hydrogens (tertiary/aromatic N) is 1. The van der Waals surface area contributed by atoms with E-state index in [0.29, 0.717) is 6.04 Å². The van der Waals surface area contributed by atoms with E-state index in [1.54, 1.807) is 0 Å². The molecule has 0 saturated carbocycles. The second kappa shape index (κ2) is 30.6. The van der Waals surface area contributed by atoms with Gasteiger partial charge in [-0.15, -0.1) is 0 Å². The Balaban J connectivity index is 3.46. The standard InChI is InChI=1S/C34H67NO/c1-5-7-9-11-13-15-16-17-18-19-20-21-22-23-25-27-29-31-34(35(3)4)33-36-32-30-28-26-24-14-12-10-8-6-2/h13,15,17-18,34H,5-12,14,16,19-33H2,1-4H3/b15-13-,18-17?.